The van der Waals surface area contributed by atoms with Gasteiger partial charge in [-0.1, -0.05) is 0 Å². The van der Waals surface area contributed by atoms with E-state index in [1.165, 1.54) is 6.07 Å². The van der Waals surface area contributed by atoms with Gasteiger partial charge in [-0.15, -0.1) is 0 Å². The Morgan fingerprint density at radius 2 is 1.93 bits per heavy atom. The zero-order valence-electron chi connectivity index (χ0n) is 14.8. The van der Waals surface area contributed by atoms with Crippen LogP contribution in [0.3, 0.4) is 0 Å². The largest absolute Gasteiger partial charge is 0.478 e. The van der Waals surface area contributed by atoms with E-state index in [4.69, 9.17) is 15.6 Å². The number of hydrogen-bond donors (Lipinski definition) is 3. The zero-order valence-corrected chi connectivity index (χ0v) is 15.6. The summed E-state index contributed by atoms with van der Waals surface area (Å²) in [4.78, 5) is 13.1. The van der Waals surface area contributed by atoms with Crippen LogP contribution in [0.4, 0.5) is 11.4 Å². The van der Waals surface area contributed by atoms with Gasteiger partial charge < -0.3 is 20.5 Å². The number of sulfonamides is 1. The van der Waals surface area contributed by atoms with Gasteiger partial charge in [0.1, 0.15) is 10.6 Å². The first-order valence-electron chi connectivity index (χ1n) is 8.41. The molecule has 0 aromatic heterocycles. The molecule has 1 fully saturated rings. The molecule has 1 heterocycles. The topological polar surface area (TPSA) is 136 Å². The summed E-state index contributed by atoms with van der Waals surface area (Å²) in [5, 5.41) is 14.8. The molecule has 9 heteroatoms. The van der Waals surface area contributed by atoms with Crippen LogP contribution in [0, 0.1) is 0 Å². The zero-order chi connectivity index (χ0) is 19.8. The number of carboxylic acids is 1. The summed E-state index contributed by atoms with van der Waals surface area (Å²) in [6.07, 6.45) is 1.81. The highest BCUT2D eigenvalue weighted by molar-refractivity contribution is 7.89. The number of nitrogen functional groups attached to an aromatic ring is 1. The third kappa shape index (κ3) is 3.99. The maximum atomic E-state index is 12.2. The fraction of sp³-hybridized carbons (Fsp3) is 0.278. The Balaban J connectivity index is 2.23. The Labute approximate surface area is 157 Å². The number of primary sulfonamides is 1. The van der Waals surface area contributed by atoms with Crippen molar-refractivity contribution >= 4 is 27.4 Å². The van der Waals surface area contributed by atoms with Crippen molar-refractivity contribution in [3.63, 3.8) is 0 Å². The lowest BCUT2D eigenvalue weighted by Gasteiger charge is -2.27. The minimum atomic E-state index is -4.23. The van der Waals surface area contributed by atoms with Gasteiger partial charge in [-0.05, 0) is 56.2 Å². The Kier molecular flexibility index (Phi) is 4.99. The lowest BCUT2D eigenvalue weighted by molar-refractivity contribution is 0.0696. The first kappa shape index (κ1) is 19.0. The minimum Gasteiger partial charge on any atom is -0.478 e. The molecule has 1 unspecified atom stereocenters. The highest BCUT2D eigenvalue weighted by Gasteiger charge is 2.30. The Hall–Kier alpha value is -2.78. The van der Waals surface area contributed by atoms with Crippen molar-refractivity contribution in [1.82, 2.24) is 0 Å². The minimum absolute atomic E-state index is 0.0148. The third-order valence-electron chi connectivity index (χ3n) is 4.55. The average Bonchev–Trinajstić information content (AvgIpc) is 3.01. The van der Waals surface area contributed by atoms with Crippen LogP contribution in [0.2, 0.25) is 0 Å². The Bertz CT molecular complexity index is 973. The number of carbonyl (C=O) groups is 1. The lowest BCUT2D eigenvalue weighted by atomic mass is 10.1. The van der Waals surface area contributed by atoms with Crippen molar-refractivity contribution < 1.29 is 23.1 Å². The van der Waals surface area contributed by atoms with Gasteiger partial charge in [-0.25, -0.2) is 18.4 Å². The van der Waals surface area contributed by atoms with Crippen molar-refractivity contribution in [2.45, 2.75) is 30.7 Å². The molecule has 0 amide bonds. The molecule has 1 atom stereocenters. The molecular weight excluding hydrogens is 370 g/mol. The SMILES string of the molecule is CC1CCCN1c1cc(C(=O)O)cc(S(N)(=O)=O)c1Oc1ccc(N)cc1. The van der Waals surface area contributed by atoms with Gasteiger partial charge in [0.05, 0.1) is 11.3 Å². The van der Waals surface area contributed by atoms with E-state index in [2.05, 4.69) is 0 Å². The highest BCUT2D eigenvalue weighted by atomic mass is 32.2. The number of ether oxygens (including phenoxy) is 1. The molecule has 3 rings (SSSR count). The summed E-state index contributed by atoms with van der Waals surface area (Å²) in [5.74, 6) is -0.863. The van der Waals surface area contributed by atoms with Gasteiger partial charge in [0, 0.05) is 18.3 Å². The first-order valence-corrected chi connectivity index (χ1v) is 9.95. The number of aromatic carboxylic acids is 1. The van der Waals surface area contributed by atoms with Crippen molar-refractivity contribution in [2.75, 3.05) is 17.2 Å². The van der Waals surface area contributed by atoms with Gasteiger partial charge >= 0.3 is 5.97 Å². The van der Waals surface area contributed by atoms with Gasteiger partial charge in [0.2, 0.25) is 10.0 Å². The molecule has 1 saturated heterocycles. The molecule has 0 bridgehead atoms. The van der Waals surface area contributed by atoms with Crippen LogP contribution in [0.15, 0.2) is 41.3 Å². The monoisotopic (exact) mass is 391 g/mol. The number of benzene rings is 2. The molecule has 0 radical (unpaired) electrons. The van der Waals surface area contributed by atoms with Crippen molar-refractivity contribution in [3.8, 4) is 11.5 Å². The highest BCUT2D eigenvalue weighted by Crippen LogP contribution is 2.41. The lowest BCUT2D eigenvalue weighted by Crippen LogP contribution is -2.28. The predicted octanol–water partition coefficient (Wildman–Crippen LogP) is 2.40. The van der Waals surface area contributed by atoms with E-state index in [9.17, 15) is 18.3 Å². The second kappa shape index (κ2) is 7.09. The molecule has 5 N–H and O–H groups in total. The molecule has 27 heavy (non-hydrogen) atoms. The van der Waals surface area contributed by atoms with Crippen LogP contribution in [0.25, 0.3) is 0 Å². The molecular formula is C18H21N3O5S. The number of nitrogens with zero attached hydrogens (tertiary/aromatic N) is 1. The number of carboxylic acid groups (broad SMARTS) is 1. The average molecular weight is 391 g/mol. The second-order valence-electron chi connectivity index (χ2n) is 6.53. The van der Waals surface area contributed by atoms with Crippen molar-refractivity contribution in [2.24, 2.45) is 5.14 Å². The molecule has 8 nitrogen and oxygen atoms in total. The first-order chi connectivity index (χ1) is 12.7. The number of nitrogens with two attached hydrogens (primary N) is 2. The normalized spacial score (nSPS) is 17.1. The van der Waals surface area contributed by atoms with Gasteiger partial charge in [-0.2, -0.15) is 0 Å². The van der Waals surface area contributed by atoms with E-state index >= 15 is 0 Å². The maximum absolute atomic E-state index is 12.2. The maximum Gasteiger partial charge on any atom is 0.335 e. The van der Waals surface area contributed by atoms with E-state index in [-0.39, 0.29) is 22.3 Å². The third-order valence-corrected chi connectivity index (χ3v) is 5.47. The molecule has 2 aromatic carbocycles. The van der Waals surface area contributed by atoms with Crippen LogP contribution in [0.5, 0.6) is 11.5 Å². The summed E-state index contributed by atoms with van der Waals surface area (Å²) < 4.78 is 30.2. The molecule has 2 aromatic rings. The van der Waals surface area contributed by atoms with Gasteiger partial charge in [-0.3, -0.25) is 0 Å². The summed E-state index contributed by atoms with van der Waals surface area (Å²) in [6.45, 7) is 2.65. The van der Waals surface area contributed by atoms with Crippen LogP contribution in [-0.2, 0) is 10.0 Å². The van der Waals surface area contributed by atoms with Gasteiger partial charge in [0.15, 0.2) is 5.75 Å². The molecule has 0 spiro atoms. The fourth-order valence-electron chi connectivity index (χ4n) is 3.18. The molecule has 1 aliphatic heterocycles. The van der Waals surface area contributed by atoms with E-state index in [0.29, 0.717) is 23.7 Å². The van der Waals surface area contributed by atoms with Gasteiger partial charge in [0.25, 0.3) is 0 Å². The van der Waals surface area contributed by atoms with Crippen molar-refractivity contribution in [3.05, 3.63) is 42.0 Å². The summed E-state index contributed by atoms with van der Waals surface area (Å²) in [7, 11) is -4.23. The number of anilines is 2. The van der Waals surface area contributed by atoms with Crippen molar-refractivity contribution in [1.29, 1.82) is 0 Å². The number of rotatable bonds is 5. The molecule has 1 aliphatic rings. The van der Waals surface area contributed by atoms with E-state index in [1.54, 1.807) is 24.3 Å². The van der Waals surface area contributed by atoms with Crippen LogP contribution >= 0.6 is 0 Å². The van der Waals surface area contributed by atoms with Crippen LogP contribution in [-0.4, -0.2) is 32.1 Å². The van der Waals surface area contributed by atoms with E-state index in [0.717, 1.165) is 18.9 Å². The Morgan fingerprint density at radius 1 is 1.26 bits per heavy atom. The standard InChI is InChI=1S/C18H21N3O5S/c1-11-3-2-8-21(11)15-9-12(18(22)23)10-16(27(20,24)25)17(15)26-14-6-4-13(19)5-7-14/h4-7,9-11H,2-3,8,19H2,1H3,(H,22,23)(H2,20,24,25). The summed E-state index contributed by atoms with van der Waals surface area (Å²) in [6, 6.07) is 9.00. The molecule has 144 valence electrons. The summed E-state index contributed by atoms with van der Waals surface area (Å²) in [5.41, 5.74) is 6.43. The van der Waals surface area contributed by atoms with Crippen LogP contribution in [0.1, 0.15) is 30.1 Å². The number of hydrogen-bond acceptors (Lipinski definition) is 6. The van der Waals surface area contributed by atoms with E-state index in [1.807, 2.05) is 11.8 Å². The van der Waals surface area contributed by atoms with E-state index < -0.39 is 16.0 Å². The predicted molar refractivity (Wildman–Crippen MR) is 102 cm³/mol. The quantitative estimate of drug-likeness (QED) is 0.666. The molecule has 0 saturated carbocycles. The molecule has 0 aliphatic carbocycles. The Morgan fingerprint density at radius 3 is 2.44 bits per heavy atom. The van der Waals surface area contributed by atoms with Crippen LogP contribution < -0.4 is 20.5 Å². The summed E-state index contributed by atoms with van der Waals surface area (Å²) >= 11 is 0. The second-order valence-corrected chi connectivity index (χ2v) is 8.06. The fourth-order valence-corrected chi connectivity index (χ4v) is 3.88. The smallest absolute Gasteiger partial charge is 0.335 e.